The molecule has 0 aliphatic rings. The van der Waals surface area contributed by atoms with Crippen LogP contribution in [0.15, 0.2) is 36.0 Å². The Bertz CT molecular complexity index is 218. The standard InChI is InChI=1S/C9H11F3/c1-4-8(9(10,11)12)6-5-7(2)3/h4-6H,2H2,1,3H3. The summed E-state index contributed by atoms with van der Waals surface area (Å²) in [4.78, 5) is 0. The van der Waals surface area contributed by atoms with E-state index < -0.39 is 11.7 Å². The van der Waals surface area contributed by atoms with Gasteiger partial charge in [-0.2, -0.15) is 13.2 Å². The van der Waals surface area contributed by atoms with E-state index >= 15 is 0 Å². The van der Waals surface area contributed by atoms with Gasteiger partial charge in [0.15, 0.2) is 0 Å². The van der Waals surface area contributed by atoms with Crippen molar-refractivity contribution in [1.29, 1.82) is 0 Å². The van der Waals surface area contributed by atoms with Crippen molar-refractivity contribution < 1.29 is 13.2 Å². The Balaban J connectivity index is 4.53. The maximum atomic E-state index is 12.0. The number of rotatable bonds is 2. The summed E-state index contributed by atoms with van der Waals surface area (Å²) in [6.07, 6.45) is -0.884. The minimum absolute atomic E-state index is 0.596. The van der Waals surface area contributed by atoms with E-state index in [1.54, 1.807) is 6.92 Å². The van der Waals surface area contributed by atoms with Crippen LogP contribution in [0.1, 0.15) is 13.8 Å². The number of halogens is 3. The molecule has 0 N–H and O–H groups in total. The van der Waals surface area contributed by atoms with E-state index in [1.807, 2.05) is 0 Å². The first-order chi connectivity index (χ1) is 5.38. The molecule has 0 radical (unpaired) electrons. The number of allylic oxidation sites excluding steroid dienone is 5. The van der Waals surface area contributed by atoms with Crippen LogP contribution in [0.3, 0.4) is 0 Å². The molecular weight excluding hydrogens is 165 g/mol. The molecule has 0 heterocycles. The highest BCUT2D eigenvalue weighted by Gasteiger charge is 2.30. The highest BCUT2D eigenvalue weighted by atomic mass is 19.4. The van der Waals surface area contributed by atoms with E-state index in [0.717, 1.165) is 12.2 Å². The summed E-state index contributed by atoms with van der Waals surface area (Å²) in [6.45, 7) is 6.45. The molecule has 0 unspecified atom stereocenters. The molecule has 12 heavy (non-hydrogen) atoms. The first kappa shape index (κ1) is 11.0. The fourth-order valence-corrected chi connectivity index (χ4v) is 0.586. The summed E-state index contributed by atoms with van der Waals surface area (Å²) in [5, 5.41) is 0. The van der Waals surface area contributed by atoms with Crippen LogP contribution < -0.4 is 0 Å². The molecular formula is C9H11F3. The van der Waals surface area contributed by atoms with Crippen LogP contribution in [0, 0.1) is 0 Å². The van der Waals surface area contributed by atoms with Crippen molar-refractivity contribution >= 4 is 0 Å². The van der Waals surface area contributed by atoms with E-state index in [1.165, 1.54) is 13.0 Å². The molecule has 68 valence electrons. The monoisotopic (exact) mass is 176 g/mol. The average molecular weight is 176 g/mol. The second-order valence-electron chi connectivity index (χ2n) is 2.42. The van der Waals surface area contributed by atoms with E-state index in [-0.39, 0.29) is 0 Å². The predicted molar refractivity (Wildman–Crippen MR) is 43.8 cm³/mol. The lowest BCUT2D eigenvalue weighted by atomic mass is 10.2. The van der Waals surface area contributed by atoms with Crippen molar-refractivity contribution in [2.75, 3.05) is 0 Å². The number of hydrogen-bond acceptors (Lipinski definition) is 0. The molecule has 0 aliphatic carbocycles. The lowest BCUT2D eigenvalue weighted by molar-refractivity contribution is -0.0883. The van der Waals surface area contributed by atoms with Gasteiger partial charge in [-0.25, -0.2) is 0 Å². The Morgan fingerprint density at radius 1 is 1.25 bits per heavy atom. The molecule has 0 aromatic carbocycles. The number of hydrogen-bond donors (Lipinski definition) is 0. The van der Waals surface area contributed by atoms with Crippen LogP contribution in [0.25, 0.3) is 0 Å². The zero-order valence-electron chi connectivity index (χ0n) is 7.07. The van der Waals surface area contributed by atoms with Crippen LogP contribution in [-0.2, 0) is 0 Å². The van der Waals surface area contributed by atoms with Gasteiger partial charge in [-0.3, -0.25) is 0 Å². The normalized spacial score (nSPS) is 13.9. The number of alkyl halides is 3. The van der Waals surface area contributed by atoms with Crippen molar-refractivity contribution in [3.05, 3.63) is 36.0 Å². The van der Waals surface area contributed by atoms with Crippen molar-refractivity contribution in [1.82, 2.24) is 0 Å². The van der Waals surface area contributed by atoms with Gasteiger partial charge >= 0.3 is 6.18 Å². The lowest BCUT2D eigenvalue weighted by Crippen LogP contribution is -2.09. The summed E-state index contributed by atoms with van der Waals surface area (Å²) in [7, 11) is 0. The quantitative estimate of drug-likeness (QED) is 0.563. The Labute approximate surface area is 70.1 Å². The highest BCUT2D eigenvalue weighted by Crippen LogP contribution is 2.26. The van der Waals surface area contributed by atoms with E-state index in [4.69, 9.17) is 0 Å². The van der Waals surface area contributed by atoms with E-state index in [9.17, 15) is 13.2 Å². The zero-order valence-corrected chi connectivity index (χ0v) is 7.07. The summed E-state index contributed by atoms with van der Waals surface area (Å²) >= 11 is 0. The molecule has 0 fully saturated rings. The third-order valence-electron chi connectivity index (χ3n) is 1.19. The zero-order chi connectivity index (χ0) is 9.78. The van der Waals surface area contributed by atoms with Gasteiger partial charge in [-0.15, -0.1) is 0 Å². The van der Waals surface area contributed by atoms with Gasteiger partial charge in [-0.1, -0.05) is 30.4 Å². The summed E-state index contributed by atoms with van der Waals surface area (Å²) in [5.74, 6) is 0. The molecule has 0 nitrogen and oxygen atoms in total. The third kappa shape index (κ3) is 4.01. The first-order valence-corrected chi connectivity index (χ1v) is 3.45. The molecule has 3 heteroatoms. The predicted octanol–water partition coefficient (Wildman–Crippen LogP) is 3.63. The Kier molecular flexibility index (Phi) is 3.80. The van der Waals surface area contributed by atoms with Gasteiger partial charge in [0.2, 0.25) is 0 Å². The van der Waals surface area contributed by atoms with Crippen LogP contribution >= 0.6 is 0 Å². The van der Waals surface area contributed by atoms with Crippen molar-refractivity contribution in [2.45, 2.75) is 20.0 Å². The molecule has 0 saturated heterocycles. The topological polar surface area (TPSA) is 0 Å². The van der Waals surface area contributed by atoms with Gasteiger partial charge < -0.3 is 0 Å². The van der Waals surface area contributed by atoms with Gasteiger partial charge in [0.05, 0.1) is 5.57 Å². The SMILES string of the molecule is C=C(C)C=CC(=CC)C(F)(F)F. The molecule has 0 aromatic heterocycles. The third-order valence-corrected chi connectivity index (χ3v) is 1.19. The van der Waals surface area contributed by atoms with Crippen molar-refractivity contribution in [3.63, 3.8) is 0 Å². The van der Waals surface area contributed by atoms with E-state index in [0.29, 0.717) is 5.57 Å². The minimum Gasteiger partial charge on any atom is -0.166 e. The molecule has 0 amide bonds. The molecule has 0 bridgehead atoms. The van der Waals surface area contributed by atoms with Crippen molar-refractivity contribution in [2.24, 2.45) is 0 Å². The minimum atomic E-state index is -4.26. The molecule has 0 saturated carbocycles. The first-order valence-electron chi connectivity index (χ1n) is 3.45. The van der Waals surface area contributed by atoms with Gasteiger partial charge in [0.1, 0.15) is 0 Å². The Morgan fingerprint density at radius 3 is 2.00 bits per heavy atom. The van der Waals surface area contributed by atoms with Gasteiger partial charge in [0.25, 0.3) is 0 Å². The fraction of sp³-hybridized carbons (Fsp3) is 0.333. The summed E-state index contributed by atoms with van der Waals surface area (Å²) in [6, 6.07) is 0. The van der Waals surface area contributed by atoms with Crippen LogP contribution in [-0.4, -0.2) is 6.18 Å². The van der Waals surface area contributed by atoms with Gasteiger partial charge in [-0.05, 0) is 13.8 Å². The highest BCUT2D eigenvalue weighted by molar-refractivity contribution is 5.28. The Hall–Kier alpha value is -0.990. The van der Waals surface area contributed by atoms with Crippen LogP contribution in [0.2, 0.25) is 0 Å². The molecule has 0 rings (SSSR count). The molecule has 0 aliphatic heterocycles. The van der Waals surface area contributed by atoms with E-state index in [2.05, 4.69) is 6.58 Å². The largest absolute Gasteiger partial charge is 0.416 e. The smallest absolute Gasteiger partial charge is 0.166 e. The lowest BCUT2D eigenvalue weighted by Gasteiger charge is -2.05. The second-order valence-corrected chi connectivity index (χ2v) is 2.42. The van der Waals surface area contributed by atoms with Crippen molar-refractivity contribution in [3.8, 4) is 0 Å². The average Bonchev–Trinajstić information content (AvgIpc) is 1.85. The second kappa shape index (κ2) is 4.14. The maximum Gasteiger partial charge on any atom is 0.416 e. The molecule has 0 spiro atoms. The molecule has 0 aromatic rings. The summed E-state index contributed by atoms with van der Waals surface area (Å²) < 4.78 is 36.1. The van der Waals surface area contributed by atoms with Crippen LogP contribution in [0.4, 0.5) is 13.2 Å². The van der Waals surface area contributed by atoms with Gasteiger partial charge in [0, 0.05) is 0 Å². The maximum absolute atomic E-state index is 12.0. The fourth-order valence-electron chi connectivity index (χ4n) is 0.586. The molecule has 0 atom stereocenters. The summed E-state index contributed by atoms with van der Waals surface area (Å²) in [5.41, 5.74) is -0.0518. The van der Waals surface area contributed by atoms with Crippen LogP contribution in [0.5, 0.6) is 0 Å². The Morgan fingerprint density at radius 2 is 1.75 bits per heavy atom.